The molecule has 3 heteroatoms. The maximum Gasteiger partial charge on any atom is 0.236 e. The lowest BCUT2D eigenvalue weighted by atomic mass is 9.86. The molecule has 2 aliphatic carbocycles. The molecule has 2 fully saturated rings. The van der Waals surface area contributed by atoms with Crippen LogP contribution in [0, 0.1) is 5.41 Å². The fourth-order valence-electron chi connectivity index (χ4n) is 2.66. The van der Waals surface area contributed by atoms with E-state index in [1.54, 1.807) is 6.92 Å². The monoisotopic (exact) mass is 196 g/mol. The first-order chi connectivity index (χ1) is 6.64. The van der Waals surface area contributed by atoms with Crippen LogP contribution in [0.1, 0.15) is 45.4 Å². The van der Waals surface area contributed by atoms with Crippen molar-refractivity contribution in [1.29, 1.82) is 0 Å². The maximum atomic E-state index is 11.4. The average molecular weight is 196 g/mol. The SMILES string of the molecule is CC(N)C(=O)NC1CC12CCCCC2. The van der Waals surface area contributed by atoms with Gasteiger partial charge in [0.1, 0.15) is 0 Å². The highest BCUT2D eigenvalue weighted by molar-refractivity contribution is 5.81. The van der Waals surface area contributed by atoms with Crippen molar-refractivity contribution in [3.8, 4) is 0 Å². The summed E-state index contributed by atoms with van der Waals surface area (Å²) in [6.45, 7) is 1.74. The van der Waals surface area contributed by atoms with Gasteiger partial charge in [-0.3, -0.25) is 4.79 Å². The van der Waals surface area contributed by atoms with Crippen LogP contribution >= 0.6 is 0 Å². The minimum Gasteiger partial charge on any atom is -0.351 e. The standard InChI is InChI=1S/C11H20N2O/c1-8(12)10(14)13-9-7-11(9)5-3-2-4-6-11/h8-9H,2-7,12H2,1H3,(H,13,14). The van der Waals surface area contributed by atoms with Gasteiger partial charge in [0.05, 0.1) is 6.04 Å². The Morgan fingerprint density at radius 1 is 1.43 bits per heavy atom. The molecule has 2 aliphatic rings. The summed E-state index contributed by atoms with van der Waals surface area (Å²) in [6, 6.07) is 0.0672. The molecule has 80 valence electrons. The minimum absolute atomic E-state index is 0.0115. The van der Waals surface area contributed by atoms with Crippen LogP contribution in [0.3, 0.4) is 0 Å². The van der Waals surface area contributed by atoms with Gasteiger partial charge in [0, 0.05) is 6.04 Å². The number of hydrogen-bond acceptors (Lipinski definition) is 2. The Kier molecular flexibility index (Phi) is 2.52. The molecule has 0 heterocycles. The second-order valence-corrected chi connectivity index (χ2v) is 4.98. The average Bonchev–Trinajstić information content (AvgIpc) is 2.79. The van der Waals surface area contributed by atoms with Crippen molar-refractivity contribution >= 4 is 5.91 Å². The van der Waals surface area contributed by atoms with E-state index in [9.17, 15) is 4.79 Å². The van der Waals surface area contributed by atoms with Gasteiger partial charge in [-0.25, -0.2) is 0 Å². The van der Waals surface area contributed by atoms with Gasteiger partial charge < -0.3 is 11.1 Å². The molecular formula is C11H20N2O. The van der Waals surface area contributed by atoms with Crippen LogP contribution in [0.15, 0.2) is 0 Å². The van der Waals surface area contributed by atoms with E-state index in [1.165, 1.54) is 38.5 Å². The van der Waals surface area contributed by atoms with E-state index in [0.717, 1.165) is 0 Å². The summed E-state index contributed by atoms with van der Waals surface area (Å²) in [4.78, 5) is 11.4. The zero-order valence-corrected chi connectivity index (χ0v) is 8.88. The molecule has 0 aromatic carbocycles. The third kappa shape index (κ3) is 1.78. The Balaban J connectivity index is 1.83. The molecule has 2 atom stereocenters. The van der Waals surface area contributed by atoms with E-state index in [4.69, 9.17) is 5.73 Å². The van der Waals surface area contributed by atoms with Gasteiger partial charge in [-0.05, 0) is 31.6 Å². The largest absolute Gasteiger partial charge is 0.351 e. The highest BCUT2D eigenvalue weighted by Gasteiger charge is 2.54. The summed E-state index contributed by atoms with van der Waals surface area (Å²) in [7, 11) is 0. The van der Waals surface area contributed by atoms with Crippen LogP contribution in [0.2, 0.25) is 0 Å². The van der Waals surface area contributed by atoms with Gasteiger partial charge in [-0.2, -0.15) is 0 Å². The highest BCUT2D eigenvalue weighted by atomic mass is 16.2. The van der Waals surface area contributed by atoms with Gasteiger partial charge in [0.2, 0.25) is 5.91 Å². The second-order valence-electron chi connectivity index (χ2n) is 4.98. The Morgan fingerprint density at radius 2 is 2.07 bits per heavy atom. The number of nitrogens with two attached hydrogens (primary N) is 1. The van der Waals surface area contributed by atoms with Gasteiger partial charge in [0.15, 0.2) is 0 Å². The van der Waals surface area contributed by atoms with Gasteiger partial charge in [-0.1, -0.05) is 19.3 Å². The van der Waals surface area contributed by atoms with Crippen LogP contribution in [-0.4, -0.2) is 18.0 Å². The molecule has 0 radical (unpaired) electrons. The number of hydrogen-bond donors (Lipinski definition) is 2. The topological polar surface area (TPSA) is 55.1 Å². The maximum absolute atomic E-state index is 11.4. The van der Waals surface area contributed by atoms with E-state index in [-0.39, 0.29) is 11.9 Å². The smallest absolute Gasteiger partial charge is 0.236 e. The Bertz CT molecular complexity index is 231. The molecule has 3 nitrogen and oxygen atoms in total. The summed E-state index contributed by atoms with van der Waals surface area (Å²) in [6.07, 6.45) is 7.84. The molecular weight excluding hydrogens is 176 g/mol. The number of carbonyl (C=O) groups is 1. The molecule has 14 heavy (non-hydrogen) atoms. The Labute approximate surface area is 85.4 Å². The summed E-state index contributed by atoms with van der Waals surface area (Å²) < 4.78 is 0. The Morgan fingerprint density at radius 3 is 2.64 bits per heavy atom. The third-order valence-corrected chi connectivity index (χ3v) is 3.77. The Hall–Kier alpha value is -0.570. The van der Waals surface area contributed by atoms with Gasteiger partial charge in [0.25, 0.3) is 0 Å². The van der Waals surface area contributed by atoms with Crippen molar-refractivity contribution in [3.63, 3.8) is 0 Å². The predicted octanol–water partition coefficient (Wildman–Crippen LogP) is 1.17. The summed E-state index contributed by atoms with van der Waals surface area (Å²) in [5, 5.41) is 3.05. The lowest BCUT2D eigenvalue weighted by Crippen LogP contribution is -2.41. The number of nitrogens with one attached hydrogen (secondary N) is 1. The second kappa shape index (κ2) is 3.54. The first-order valence-corrected chi connectivity index (χ1v) is 5.70. The van der Waals surface area contributed by atoms with E-state index in [0.29, 0.717) is 11.5 Å². The van der Waals surface area contributed by atoms with Gasteiger partial charge >= 0.3 is 0 Å². The summed E-state index contributed by atoms with van der Waals surface area (Å²) in [5.41, 5.74) is 5.99. The predicted molar refractivity (Wildman–Crippen MR) is 55.7 cm³/mol. The van der Waals surface area contributed by atoms with E-state index in [2.05, 4.69) is 5.32 Å². The molecule has 2 unspecified atom stereocenters. The van der Waals surface area contributed by atoms with Crippen LogP contribution < -0.4 is 11.1 Å². The summed E-state index contributed by atoms with van der Waals surface area (Å²) >= 11 is 0. The van der Waals surface area contributed by atoms with Crippen LogP contribution in [0.25, 0.3) is 0 Å². The van der Waals surface area contributed by atoms with Crippen molar-refractivity contribution in [2.75, 3.05) is 0 Å². The minimum atomic E-state index is -0.365. The molecule has 0 saturated heterocycles. The van der Waals surface area contributed by atoms with Crippen molar-refractivity contribution < 1.29 is 4.79 Å². The van der Waals surface area contributed by atoms with Crippen molar-refractivity contribution in [3.05, 3.63) is 0 Å². The summed E-state index contributed by atoms with van der Waals surface area (Å²) in [5.74, 6) is 0.0115. The van der Waals surface area contributed by atoms with Crippen molar-refractivity contribution in [2.24, 2.45) is 11.1 Å². The molecule has 2 rings (SSSR count). The highest BCUT2D eigenvalue weighted by Crippen LogP contribution is 2.56. The quantitative estimate of drug-likeness (QED) is 0.696. The van der Waals surface area contributed by atoms with Gasteiger partial charge in [-0.15, -0.1) is 0 Å². The third-order valence-electron chi connectivity index (χ3n) is 3.77. The molecule has 1 spiro atoms. The normalized spacial score (nSPS) is 31.1. The molecule has 0 bridgehead atoms. The lowest BCUT2D eigenvalue weighted by molar-refractivity contribution is -0.122. The zero-order valence-electron chi connectivity index (χ0n) is 8.88. The van der Waals surface area contributed by atoms with Crippen LogP contribution in [0.4, 0.5) is 0 Å². The first kappa shape index (κ1) is 9.97. The fourth-order valence-corrected chi connectivity index (χ4v) is 2.66. The molecule has 0 aliphatic heterocycles. The van der Waals surface area contributed by atoms with E-state index in [1.807, 2.05) is 0 Å². The molecule has 0 aromatic heterocycles. The number of carbonyl (C=O) groups excluding carboxylic acids is 1. The zero-order chi connectivity index (χ0) is 10.2. The van der Waals surface area contributed by atoms with E-state index >= 15 is 0 Å². The van der Waals surface area contributed by atoms with Crippen molar-refractivity contribution in [2.45, 2.75) is 57.5 Å². The molecule has 0 aromatic rings. The van der Waals surface area contributed by atoms with Crippen LogP contribution in [0.5, 0.6) is 0 Å². The molecule has 1 amide bonds. The number of rotatable bonds is 2. The molecule has 3 N–H and O–H groups in total. The lowest BCUT2D eigenvalue weighted by Gasteiger charge is -2.22. The number of amides is 1. The van der Waals surface area contributed by atoms with Crippen molar-refractivity contribution in [1.82, 2.24) is 5.32 Å². The first-order valence-electron chi connectivity index (χ1n) is 5.70. The molecule has 2 saturated carbocycles. The van der Waals surface area contributed by atoms with Crippen LogP contribution in [-0.2, 0) is 4.79 Å². The fraction of sp³-hybridized carbons (Fsp3) is 0.909. The van der Waals surface area contributed by atoms with E-state index < -0.39 is 0 Å².